The fraction of sp³-hybridized carbons (Fsp3) is 0.455. The van der Waals surface area contributed by atoms with E-state index in [9.17, 15) is 0 Å². The molecule has 0 unspecified atom stereocenters. The maximum absolute atomic E-state index is 6.03. The van der Waals surface area contributed by atoms with Gasteiger partial charge >= 0.3 is 0 Å². The fourth-order valence-electron chi connectivity index (χ4n) is 1.32. The molecule has 3 heteroatoms. The Bertz CT molecular complexity index is 287. The molecule has 1 aromatic rings. The molecule has 0 saturated heterocycles. The van der Waals surface area contributed by atoms with Crippen LogP contribution in [-0.4, -0.2) is 13.1 Å². The van der Waals surface area contributed by atoms with Gasteiger partial charge in [-0.05, 0) is 49.7 Å². The number of hydrogen-bond acceptors (Lipinski definition) is 1. The Balaban J connectivity index is 2.45. The summed E-state index contributed by atoms with van der Waals surface area (Å²) in [6, 6.07) is 5.61. The molecule has 1 aromatic carbocycles. The Labute approximate surface area is 95.4 Å². The summed E-state index contributed by atoms with van der Waals surface area (Å²) < 4.78 is 0. The van der Waals surface area contributed by atoms with Crippen LogP contribution >= 0.6 is 23.2 Å². The lowest BCUT2D eigenvalue weighted by Gasteiger charge is -2.05. The van der Waals surface area contributed by atoms with Crippen molar-refractivity contribution in [2.24, 2.45) is 0 Å². The van der Waals surface area contributed by atoms with E-state index in [0.717, 1.165) is 41.5 Å². The summed E-state index contributed by atoms with van der Waals surface area (Å²) in [6.45, 7) is 4.15. The molecular weight excluding hydrogens is 217 g/mol. The largest absolute Gasteiger partial charge is 0.317 e. The molecule has 0 aliphatic heterocycles. The van der Waals surface area contributed by atoms with Crippen LogP contribution < -0.4 is 5.32 Å². The lowest BCUT2D eigenvalue weighted by molar-refractivity contribution is 0.673. The van der Waals surface area contributed by atoms with Crippen LogP contribution in [0.5, 0.6) is 0 Å². The van der Waals surface area contributed by atoms with E-state index in [1.165, 1.54) is 0 Å². The van der Waals surface area contributed by atoms with Crippen LogP contribution in [0, 0.1) is 0 Å². The van der Waals surface area contributed by atoms with Crippen LogP contribution in [0.1, 0.15) is 18.9 Å². The third kappa shape index (κ3) is 3.87. The van der Waals surface area contributed by atoms with E-state index in [2.05, 4.69) is 12.2 Å². The second-order valence-corrected chi connectivity index (χ2v) is 4.04. The van der Waals surface area contributed by atoms with E-state index in [0.29, 0.717) is 0 Å². The van der Waals surface area contributed by atoms with Crippen molar-refractivity contribution in [3.63, 3.8) is 0 Å². The highest BCUT2D eigenvalue weighted by Gasteiger charge is 2.00. The molecule has 1 rings (SSSR count). The average molecular weight is 232 g/mol. The van der Waals surface area contributed by atoms with Gasteiger partial charge < -0.3 is 5.32 Å². The van der Waals surface area contributed by atoms with Gasteiger partial charge in [-0.2, -0.15) is 0 Å². The number of rotatable bonds is 5. The Morgan fingerprint density at radius 1 is 1.29 bits per heavy atom. The predicted octanol–water partition coefficient (Wildman–Crippen LogP) is 3.54. The van der Waals surface area contributed by atoms with Crippen LogP contribution in [-0.2, 0) is 6.42 Å². The number of halogens is 2. The summed E-state index contributed by atoms with van der Waals surface area (Å²) in [5.74, 6) is 0. The summed E-state index contributed by atoms with van der Waals surface area (Å²) in [6.07, 6.45) is 2.07. The first-order valence-corrected chi connectivity index (χ1v) is 5.64. The fourth-order valence-corrected chi connectivity index (χ4v) is 1.72. The molecule has 0 aliphatic carbocycles. The van der Waals surface area contributed by atoms with E-state index >= 15 is 0 Å². The highest BCUT2D eigenvalue weighted by Crippen LogP contribution is 2.21. The molecule has 0 radical (unpaired) electrons. The minimum atomic E-state index is 0.757. The predicted molar refractivity (Wildman–Crippen MR) is 63.3 cm³/mol. The molecule has 78 valence electrons. The molecule has 0 fully saturated rings. The molecule has 0 heterocycles. The lowest BCUT2D eigenvalue weighted by Crippen LogP contribution is -2.14. The van der Waals surface area contributed by atoms with Gasteiger partial charge in [0.05, 0.1) is 0 Å². The average Bonchev–Trinajstić information content (AvgIpc) is 2.18. The minimum absolute atomic E-state index is 0.757. The standard InChI is InChI=1S/C11H15Cl2N/c1-2-14-7-3-4-9-8-10(12)5-6-11(9)13/h5-6,8,14H,2-4,7H2,1H3. The van der Waals surface area contributed by atoms with Gasteiger partial charge in [0.2, 0.25) is 0 Å². The van der Waals surface area contributed by atoms with Crippen molar-refractivity contribution >= 4 is 23.2 Å². The molecule has 1 N–H and O–H groups in total. The maximum Gasteiger partial charge on any atom is 0.0439 e. The molecule has 0 amide bonds. The molecule has 0 saturated carbocycles. The van der Waals surface area contributed by atoms with E-state index < -0.39 is 0 Å². The number of benzene rings is 1. The summed E-state index contributed by atoms with van der Waals surface area (Å²) in [5.41, 5.74) is 1.14. The second kappa shape index (κ2) is 6.28. The van der Waals surface area contributed by atoms with Crippen LogP contribution in [0.3, 0.4) is 0 Å². The Kier molecular flexibility index (Phi) is 5.31. The molecule has 0 aliphatic rings. The molecule has 14 heavy (non-hydrogen) atoms. The van der Waals surface area contributed by atoms with E-state index in [4.69, 9.17) is 23.2 Å². The minimum Gasteiger partial charge on any atom is -0.317 e. The highest BCUT2D eigenvalue weighted by atomic mass is 35.5. The van der Waals surface area contributed by atoms with Crippen LogP contribution in [0.2, 0.25) is 10.0 Å². The molecule has 0 bridgehead atoms. The topological polar surface area (TPSA) is 12.0 Å². The summed E-state index contributed by atoms with van der Waals surface area (Å²) in [4.78, 5) is 0. The van der Waals surface area contributed by atoms with Gasteiger partial charge in [0.1, 0.15) is 0 Å². The zero-order valence-electron chi connectivity index (χ0n) is 8.32. The monoisotopic (exact) mass is 231 g/mol. The first kappa shape index (κ1) is 11.8. The number of hydrogen-bond donors (Lipinski definition) is 1. The van der Waals surface area contributed by atoms with Gasteiger partial charge in [0, 0.05) is 10.0 Å². The normalized spacial score (nSPS) is 10.5. The third-order valence-electron chi connectivity index (χ3n) is 2.06. The third-order valence-corrected chi connectivity index (χ3v) is 2.66. The van der Waals surface area contributed by atoms with Crippen LogP contribution in [0.25, 0.3) is 0 Å². The van der Waals surface area contributed by atoms with E-state index in [-0.39, 0.29) is 0 Å². The summed E-state index contributed by atoms with van der Waals surface area (Å²) in [5, 5.41) is 4.84. The summed E-state index contributed by atoms with van der Waals surface area (Å²) in [7, 11) is 0. The van der Waals surface area contributed by atoms with Crippen molar-refractivity contribution in [3.8, 4) is 0 Å². The van der Waals surface area contributed by atoms with E-state index in [1.807, 2.05) is 18.2 Å². The molecular formula is C11H15Cl2N. The van der Waals surface area contributed by atoms with Crippen LogP contribution in [0.15, 0.2) is 18.2 Å². The van der Waals surface area contributed by atoms with Crippen molar-refractivity contribution in [2.75, 3.05) is 13.1 Å². The Morgan fingerprint density at radius 2 is 2.07 bits per heavy atom. The van der Waals surface area contributed by atoms with Crippen LogP contribution in [0.4, 0.5) is 0 Å². The van der Waals surface area contributed by atoms with Crippen molar-refractivity contribution in [3.05, 3.63) is 33.8 Å². The van der Waals surface area contributed by atoms with Gasteiger partial charge in [-0.25, -0.2) is 0 Å². The SMILES string of the molecule is CCNCCCc1cc(Cl)ccc1Cl. The molecule has 0 spiro atoms. The van der Waals surface area contributed by atoms with Crippen molar-refractivity contribution in [2.45, 2.75) is 19.8 Å². The van der Waals surface area contributed by atoms with Crippen molar-refractivity contribution < 1.29 is 0 Å². The quantitative estimate of drug-likeness (QED) is 0.765. The number of nitrogens with one attached hydrogen (secondary N) is 1. The van der Waals surface area contributed by atoms with Crippen molar-refractivity contribution in [1.29, 1.82) is 0 Å². The number of aryl methyl sites for hydroxylation is 1. The zero-order chi connectivity index (χ0) is 10.4. The first-order valence-electron chi connectivity index (χ1n) is 4.88. The maximum atomic E-state index is 6.03. The first-order chi connectivity index (χ1) is 6.74. The van der Waals surface area contributed by atoms with Gasteiger partial charge in [-0.15, -0.1) is 0 Å². The van der Waals surface area contributed by atoms with E-state index in [1.54, 1.807) is 0 Å². The highest BCUT2D eigenvalue weighted by molar-refractivity contribution is 6.33. The van der Waals surface area contributed by atoms with Crippen molar-refractivity contribution in [1.82, 2.24) is 5.32 Å². The zero-order valence-corrected chi connectivity index (χ0v) is 9.83. The molecule has 0 atom stereocenters. The van der Waals surface area contributed by atoms with Gasteiger partial charge in [0.25, 0.3) is 0 Å². The summed E-state index contributed by atoms with van der Waals surface area (Å²) >= 11 is 11.9. The molecule has 1 nitrogen and oxygen atoms in total. The molecule has 0 aromatic heterocycles. The van der Waals surface area contributed by atoms with Gasteiger partial charge in [0.15, 0.2) is 0 Å². The Hall–Kier alpha value is -0.240. The Morgan fingerprint density at radius 3 is 2.79 bits per heavy atom. The lowest BCUT2D eigenvalue weighted by atomic mass is 10.1. The van der Waals surface area contributed by atoms with Gasteiger partial charge in [-0.3, -0.25) is 0 Å². The second-order valence-electron chi connectivity index (χ2n) is 3.19. The smallest absolute Gasteiger partial charge is 0.0439 e. The van der Waals surface area contributed by atoms with Gasteiger partial charge in [-0.1, -0.05) is 30.1 Å².